The Balaban J connectivity index is 1.60. The van der Waals surface area contributed by atoms with Crippen LogP contribution < -0.4 is 24.7 Å². The highest BCUT2D eigenvalue weighted by atomic mass is 32.1. The molecule has 0 N–H and O–H groups in total. The van der Waals surface area contributed by atoms with E-state index in [2.05, 4.69) is 9.89 Å². The number of thiazole rings is 1. The first kappa shape index (κ1) is 25.1. The molecule has 0 radical (unpaired) electrons. The second kappa shape index (κ2) is 10.4. The smallest absolute Gasteiger partial charge is 0.338 e. The van der Waals surface area contributed by atoms with Crippen LogP contribution in [-0.4, -0.2) is 44.3 Å². The fourth-order valence-corrected chi connectivity index (χ4v) is 5.92. The minimum absolute atomic E-state index is 0.212. The monoisotopic (exact) mass is 520 g/mol. The molecule has 1 aromatic carbocycles. The molecule has 2 aliphatic heterocycles. The number of esters is 1. The summed E-state index contributed by atoms with van der Waals surface area (Å²) in [5, 5.41) is 0. The summed E-state index contributed by atoms with van der Waals surface area (Å²) < 4.78 is 13.6. The molecule has 3 aromatic rings. The van der Waals surface area contributed by atoms with Gasteiger partial charge in [0.15, 0.2) is 10.7 Å². The van der Waals surface area contributed by atoms with Crippen molar-refractivity contribution in [1.29, 1.82) is 0 Å². The van der Waals surface area contributed by atoms with Crippen LogP contribution in [0.25, 0.3) is 6.08 Å². The van der Waals surface area contributed by atoms with Crippen molar-refractivity contribution in [3.63, 3.8) is 0 Å². The van der Waals surface area contributed by atoms with Gasteiger partial charge in [-0.05, 0) is 56.9 Å². The van der Waals surface area contributed by atoms with Crippen molar-refractivity contribution in [2.75, 3.05) is 43.6 Å². The lowest BCUT2D eigenvalue weighted by atomic mass is 9.95. The Kier molecular flexibility index (Phi) is 7.06. The van der Waals surface area contributed by atoms with Gasteiger partial charge < -0.3 is 19.0 Å². The normalized spacial score (nSPS) is 18.0. The molecule has 37 heavy (non-hydrogen) atoms. The minimum atomic E-state index is -0.630. The number of ether oxygens (including phenoxy) is 1. The van der Waals surface area contributed by atoms with Crippen molar-refractivity contribution in [2.24, 2.45) is 4.99 Å². The van der Waals surface area contributed by atoms with Crippen molar-refractivity contribution in [1.82, 2.24) is 4.57 Å². The summed E-state index contributed by atoms with van der Waals surface area (Å²) in [6.07, 6.45) is 5.34. The molecule has 1 atom stereocenters. The largest absolute Gasteiger partial charge is 0.463 e. The standard InChI is InChI=1S/C28H32N4O4S/c1-5-35-27(34)24-18(2)29-28-32(25(24)19-9-11-20(12-10-19)30(3)4)26(33)22(37-28)17-21-13-14-23(36-21)31-15-7-6-8-16-31/h9-14,17,25H,5-8,15-16H2,1-4H3/b22-17+/t25-/m1/s1. The molecule has 0 bridgehead atoms. The SMILES string of the molecule is CCOC(=O)C1=C(C)N=c2s/c(=C/c3ccc(N4CCCCC4)o3)c(=O)n2[C@@H]1c1ccc(N(C)C)cc1. The zero-order valence-electron chi connectivity index (χ0n) is 21.7. The van der Waals surface area contributed by atoms with Crippen LogP contribution in [-0.2, 0) is 9.53 Å². The Morgan fingerprint density at radius 3 is 2.57 bits per heavy atom. The summed E-state index contributed by atoms with van der Waals surface area (Å²) >= 11 is 1.30. The van der Waals surface area contributed by atoms with E-state index in [0.717, 1.165) is 43.1 Å². The topological polar surface area (TPSA) is 80.3 Å². The van der Waals surface area contributed by atoms with Gasteiger partial charge in [0.05, 0.1) is 28.5 Å². The average Bonchev–Trinajstić information content (AvgIpc) is 3.48. The van der Waals surface area contributed by atoms with E-state index < -0.39 is 12.0 Å². The Labute approximate surface area is 219 Å². The number of hydrogen-bond donors (Lipinski definition) is 0. The maximum Gasteiger partial charge on any atom is 0.338 e. The highest BCUT2D eigenvalue weighted by molar-refractivity contribution is 7.07. The molecular formula is C28H32N4O4S. The Morgan fingerprint density at radius 1 is 1.16 bits per heavy atom. The Hall–Kier alpha value is -3.59. The number of benzene rings is 1. The van der Waals surface area contributed by atoms with E-state index in [4.69, 9.17) is 9.15 Å². The minimum Gasteiger partial charge on any atom is -0.463 e. The molecule has 194 valence electrons. The predicted molar refractivity (Wildman–Crippen MR) is 146 cm³/mol. The van der Waals surface area contributed by atoms with E-state index in [1.165, 1.54) is 17.8 Å². The lowest BCUT2D eigenvalue weighted by molar-refractivity contribution is -0.139. The quantitative estimate of drug-likeness (QED) is 0.463. The lowest BCUT2D eigenvalue weighted by Crippen LogP contribution is -2.39. The maximum atomic E-state index is 13.8. The van der Waals surface area contributed by atoms with Gasteiger partial charge in [0.25, 0.3) is 5.56 Å². The van der Waals surface area contributed by atoms with Gasteiger partial charge in [-0.3, -0.25) is 9.36 Å². The number of furan rings is 1. The van der Waals surface area contributed by atoms with E-state index >= 15 is 0 Å². The van der Waals surface area contributed by atoms with Gasteiger partial charge >= 0.3 is 5.97 Å². The number of piperidine rings is 1. The van der Waals surface area contributed by atoms with Crippen LogP contribution >= 0.6 is 11.3 Å². The van der Waals surface area contributed by atoms with Gasteiger partial charge in [-0.25, -0.2) is 9.79 Å². The number of rotatable bonds is 6. The maximum absolute atomic E-state index is 13.8. The first-order valence-corrected chi connectivity index (χ1v) is 13.5. The number of aromatic nitrogens is 1. The zero-order chi connectivity index (χ0) is 26.1. The van der Waals surface area contributed by atoms with Gasteiger partial charge in [0, 0.05) is 45.0 Å². The highest BCUT2D eigenvalue weighted by Crippen LogP contribution is 2.31. The van der Waals surface area contributed by atoms with Gasteiger partial charge in [-0.15, -0.1) is 0 Å². The van der Waals surface area contributed by atoms with E-state index in [9.17, 15) is 9.59 Å². The molecule has 9 heteroatoms. The molecule has 1 saturated heterocycles. The van der Waals surface area contributed by atoms with Crippen LogP contribution in [0.5, 0.6) is 0 Å². The van der Waals surface area contributed by atoms with Crippen LogP contribution in [0.15, 0.2) is 61.9 Å². The number of hydrogen-bond acceptors (Lipinski definition) is 8. The number of anilines is 2. The molecule has 8 nitrogen and oxygen atoms in total. The van der Waals surface area contributed by atoms with Crippen molar-refractivity contribution in [2.45, 2.75) is 39.2 Å². The highest BCUT2D eigenvalue weighted by Gasteiger charge is 2.33. The third-order valence-electron chi connectivity index (χ3n) is 6.80. The molecule has 0 spiro atoms. The van der Waals surface area contributed by atoms with Crippen molar-refractivity contribution in [3.8, 4) is 0 Å². The van der Waals surface area contributed by atoms with Crippen molar-refractivity contribution in [3.05, 3.63) is 78.7 Å². The Bertz CT molecular complexity index is 1500. The van der Waals surface area contributed by atoms with E-state index in [1.54, 1.807) is 24.5 Å². The molecule has 2 aromatic heterocycles. The summed E-state index contributed by atoms with van der Waals surface area (Å²) in [5.74, 6) is 0.994. The van der Waals surface area contributed by atoms with Crippen molar-refractivity contribution < 1.29 is 13.9 Å². The molecule has 0 unspecified atom stereocenters. The molecule has 0 aliphatic carbocycles. The molecular weight excluding hydrogens is 488 g/mol. The van der Waals surface area contributed by atoms with Crippen LogP contribution in [0.3, 0.4) is 0 Å². The molecule has 0 amide bonds. The van der Waals surface area contributed by atoms with Crippen LogP contribution in [0.2, 0.25) is 0 Å². The number of carbonyl (C=O) groups excluding carboxylic acids is 1. The summed E-state index contributed by atoms with van der Waals surface area (Å²) in [6, 6.07) is 11.1. The van der Waals surface area contributed by atoms with E-state index in [0.29, 0.717) is 26.4 Å². The predicted octanol–water partition coefficient (Wildman–Crippen LogP) is 3.45. The summed E-state index contributed by atoms with van der Waals surface area (Å²) in [4.78, 5) is 36.3. The Morgan fingerprint density at radius 2 is 1.89 bits per heavy atom. The van der Waals surface area contributed by atoms with Crippen molar-refractivity contribution >= 4 is 35.0 Å². The molecule has 5 rings (SSSR count). The average molecular weight is 521 g/mol. The second-order valence-electron chi connectivity index (χ2n) is 9.51. The molecule has 2 aliphatic rings. The lowest BCUT2D eigenvalue weighted by Gasteiger charge is -2.25. The van der Waals surface area contributed by atoms with E-state index in [1.807, 2.05) is 55.4 Å². The molecule has 4 heterocycles. The zero-order valence-corrected chi connectivity index (χ0v) is 22.5. The fraction of sp³-hybridized carbons (Fsp3) is 0.393. The van der Waals surface area contributed by atoms with Gasteiger partial charge in [-0.2, -0.15) is 0 Å². The third kappa shape index (κ3) is 4.87. The first-order valence-electron chi connectivity index (χ1n) is 12.7. The van der Waals surface area contributed by atoms with E-state index in [-0.39, 0.29) is 12.2 Å². The van der Waals surface area contributed by atoms with Gasteiger partial charge in [0.2, 0.25) is 0 Å². The third-order valence-corrected chi connectivity index (χ3v) is 7.78. The van der Waals surface area contributed by atoms with Crippen LogP contribution in [0, 0.1) is 0 Å². The molecule has 0 saturated carbocycles. The summed E-state index contributed by atoms with van der Waals surface area (Å²) in [7, 11) is 3.94. The van der Waals surface area contributed by atoms with Crippen LogP contribution in [0.1, 0.15) is 50.5 Å². The molecule has 1 fully saturated rings. The second-order valence-corrected chi connectivity index (χ2v) is 10.5. The van der Waals surface area contributed by atoms with Crippen LogP contribution in [0.4, 0.5) is 11.6 Å². The number of fused-ring (bicyclic) bond motifs is 1. The number of carbonyl (C=O) groups is 1. The summed E-state index contributed by atoms with van der Waals surface area (Å²) in [5.41, 5.74) is 2.57. The van der Waals surface area contributed by atoms with Gasteiger partial charge in [0.1, 0.15) is 5.76 Å². The van der Waals surface area contributed by atoms with Gasteiger partial charge in [-0.1, -0.05) is 23.5 Å². The number of nitrogens with zero attached hydrogens (tertiary/aromatic N) is 4. The fourth-order valence-electron chi connectivity index (χ4n) is 4.89. The summed E-state index contributed by atoms with van der Waals surface area (Å²) in [6.45, 7) is 5.77. The first-order chi connectivity index (χ1) is 17.9. The number of allylic oxidation sites excluding steroid dienone is 1.